The molecule has 1 saturated carbocycles. The zero-order valence-corrected chi connectivity index (χ0v) is 10.6. The lowest BCUT2D eigenvalue weighted by Gasteiger charge is -2.23. The molecule has 3 rings (SSSR count). The predicted octanol–water partition coefficient (Wildman–Crippen LogP) is 1.98. The maximum atomic E-state index is 9.43. The molecule has 3 unspecified atom stereocenters. The fourth-order valence-corrected chi connectivity index (χ4v) is 2.99. The van der Waals surface area contributed by atoms with Crippen LogP contribution >= 0.6 is 0 Å². The zero-order valence-electron chi connectivity index (χ0n) is 10.6. The van der Waals surface area contributed by atoms with Gasteiger partial charge in [-0.3, -0.25) is 0 Å². The summed E-state index contributed by atoms with van der Waals surface area (Å²) in [5.74, 6) is 1.05. The van der Waals surface area contributed by atoms with Gasteiger partial charge in [0.2, 0.25) is 0 Å². The lowest BCUT2D eigenvalue weighted by atomic mass is 10.1. The first-order valence-electron chi connectivity index (χ1n) is 6.52. The quantitative estimate of drug-likeness (QED) is 0.860. The van der Waals surface area contributed by atoms with Crippen molar-refractivity contribution in [2.45, 2.75) is 37.5 Å². The molecule has 1 aliphatic carbocycles. The molecule has 0 radical (unpaired) electrons. The Morgan fingerprint density at radius 1 is 1.39 bits per heavy atom. The molecule has 1 aliphatic heterocycles. The van der Waals surface area contributed by atoms with Crippen LogP contribution in [0, 0.1) is 0 Å². The van der Waals surface area contributed by atoms with Crippen LogP contribution in [0.1, 0.15) is 30.9 Å². The van der Waals surface area contributed by atoms with Gasteiger partial charge in [-0.2, -0.15) is 0 Å². The number of hydrogen-bond acceptors (Lipinski definition) is 4. The van der Waals surface area contributed by atoms with Crippen LogP contribution in [-0.2, 0) is 4.74 Å². The topological polar surface area (TPSA) is 50.7 Å². The van der Waals surface area contributed by atoms with Gasteiger partial charge in [-0.15, -0.1) is 0 Å². The number of benzene rings is 1. The summed E-state index contributed by atoms with van der Waals surface area (Å²) in [5, 5.41) is 13.0. The molecular formula is C14H19NO3. The zero-order chi connectivity index (χ0) is 12.5. The van der Waals surface area contributed by atoms with Crippen molar-refractivity contribution >= 4 is 0 Å². The van der Waals surface area contributed by atoms with Crippen LogP contribution in [0.15, 0.2) is 18.2 Å². The van der Waals surface area contributed by atoms with Crippen molar-refractivity contribution in [2.24, 2.45) is 0 Å². The number of phenolic OH excluding ortho intramolecular Hbond substituents is 1. The van der Waals surface area contributed by atoms with Gasteiger partial charge in [0.15, 0.2) is 0 Å². The molecule has 1 fully saturated rings. The number of fused-ring (bicyclic) bond motifs is 1. The van der Waals surface area contributed by atoms with Crippen molar-refractivity contribution in [3.63, 3.8) is 0 Å². The van der Waals surface area contributed by atoms with Crippen molar-refractivity contribution in [1.29, 1.82) is 0 Å². The number of methoxy groups -OCH3 is 1. The summed E-state index contributed by atoms with van der Waals surface area (Å²) in [6.07, 6.45) is 3.81. The summed E-state index contributed by atoms with van der Waals surface area (Å²) in [6, 6.07) is 5.95. The Hall–Kier alpha value is -1.26. The first kappa shape index (κ1) is 11.8. The van der Waals surface area contributed by atoms with Crippen molar-refractivity contribution in [2.75, 3.05) is 13.7 Å². The van der Waals surface area contributed by atoms with Gasteiger partial charge in [-0.05, 0) is 31.4 Å². The van der Waals surface area contributed by atoms with Gasteiger partial charge in [0.05, 0.1) is 12.1 Å². The monoisotopic (exact) mass is 249 g/mol. The maximum Gasteiger partial charge on any atom is 0.127 e. The van der Waals surface area contributed by atoms with Crippen LogP contribution in [0.5, 0.6) is 11.5 Å². The van der Waals surface area contributed by atoms with E-state index in [9.17, 15) is 5.11 Å². The van der Waals surface area contributed by atoms with E-state index in [4.69, 9.17) is 9.47 Å². The maximum absolute atomic E-state index is 9.43. The summed E-state index contributed by atoms with van der Waals surface area (Å²) in [6.45, 7) is 0.631. The highest BCUT2D eigenvalue weighted by molar-refractivity contribution is 5.44. The summed E-state index contributed by atoms with van der Waals surface area (Å²) in [7, 11) is 1.78. The molecule has 0 aromatic heterocycles. The molecule has 0 amide bonds. The van der Waals surface area contributed by atoms with Crippen LogP contribution in [-0.4, -0.2) is 31.0 Å². The number of ether oxygens (including phenoxy) is 2. The molecule has 0 bridgehead atoms. The third-order valence-corrected chi connectivity index (χ3v) is 3.95. The van der Waals surface area contributed by atoms with Gasteiger partial charge in [-0.25, -0.2) is 0 Å². The van der Waals surface area contributed by atoms with E-state index in [0.717, 1.165) is 24.2 Å². The second kappa shape index (κ2) is 4.78. The Labute approximate surface area is 107 Å². The molecule has 2 N–H and O–H groups in total. The molecule has 1 aromatic rings. The summed E-state index contributed by atoms with van der Waals surface area (Å²) >= 11 is 0. The Morgan fingerprint density at radius 2 is 2.28 bits per heavy atom. The Bertz CT molecular complexity index is 435. The van der Waals surface area contributed by atoms with E-state index in [1.54, 1.807) is 19.2 Å². The Balaban J connectivity index is 1.73. The minimum atomic E-state index is 0.210. The smallest absolute Gasteiger partial charge is 0.127 e. The standard InChI is InChI=1S/C14H19NO3/c1-17-13-4-2-3-11(13)15-12-8-18-14-7-9(16)5-6-10(12)14/h5-7,11-13,15-16H,2-4,8H2,1H3. The SMILES string of the molecule is COC1CCCC1NC1COc2cc(O)ccc21. The molecule has 2 aliphatic rings. The van der Waals surface area contributed by atoms with Crippen LogP contribution in [0.3, 0.4) is 0 Å². The molecule has 18 heavy (non-hydrogen) atoms. The summed E-state index contributed by atoms with van der Waals surface area (Å²) in [5.41, 5.74) is 1.13. The second-order valence-corrected chi connectivity index (χ2v) is 5.06. The highest BCUT2D eigenvalue weighted by Crippen LogP contribution is 2.36. The van der Waals surface area contributed by atoms with Crippen molar-refractivity contribution in [1.82, 2.24) is 5.32 Å². The molecule has 0 spiro atoms. The molecule has 0 saturated heterocycles. The van der Waals surface area contributed by atoms with Crippen molar-refractivity contribution < 1.29 is 14.6 Å². The number of rotatable bonds is 3. The second-order valence-electron chi connectivity index (χ2n) is 5.06. The van der Waals surface area contributed by atoms with E-state index in [1.165, 1.54) is 6.42 Å². The minimum Gasteiger partial charge on any atom is -0.508 e. The van der Waals surface area contributed by atoms with Gasteiger partial charge < -0.3 is 19.9 Å². The van der Waals surface area contributed by atoms with E-state index in [1.807, 2.05) is 6.07 Å². The number of nitrogens with one attached hydrogen (secondary N) is 1. The molecule has 3 atom stereocenters. The fourth-order valence-electron chi connectivity index (χ4n) is 2.99. The average Bonchev–Trinajstić information content (AvgIpc) is 2.96. The van der Waals surface area contributed by atoms with Gasteiger partial charge in [0.25, 0.3) is 0 Å². The molecule has 4 nitrogen and oxygen atoms in total. The third-order valence-electron chi connectivity index (χ3n) is 3.95. The molecule has 98 valence electrons. The third kappa shape index (κ3) is 2.06. The van der Waals surface area contributed by atoms with Crippen molar-refractivity contribution in [3.05, 3.63) is 23.8 Å². The minimum absolute atomic E-state index is 0.210. The van der Waals surface area contributed by atoms with Crippen LogP contribution in [0.4, 0.5) is 0 Å². The van der Waals surface area contributed by atoms with E-state index in [0.29, 0.717) is 18.8 Å². The number of hydrogen-bond donors (Lipinski definition) is 2. The van der Waals surface area contributed by atoms with Crippen molar-refractivity contribution in [3.8, 4) is 11.5 Å². The van der Waals surface area contributed by atoms with E-state index < -0.39 is 0 Å². The Kier molecular flexibility index (Phi) is 3.14. The first-order valence-corrected chi connectivity index (χ1v) is 6.52. The predicted molar refractivity (Wildman–Crippen MR) is 67.9 cm³/mol. The Morgan fingerprint density at radius 3 is 3.11 bits per heavy atom. The van der Waals surface area contributed by atoms with Crippen LogP contribution in [0.25, 0.3) is 0 Å². The van der Waals surface area contributed by atoms with E-state index in [-0.39, 0.29) is 11.8 Å². The lowest BCUT2D eigenvalue weighted by Crippen LogP contribution is -2.39. The largest absolute Gasteiger partial charge is 0.508 e. The van der Waals surface area contributed by atoms with Gasteiger partial charge >= 0.3 is 0 Å². The lowest BCUT2D eigenvalue weighted by molar-refractivity contribution is 0.0799. The molecule has 1 heterocycles. The highest BCUT2D eigenvalue weighted by atomic mass is 16.5. The average molecular weight is 249 g/mol. The van der Waals surface area contributed by atoms with Gasteiger partial charge in [0.1, 0.15) is 18.1 Å². The normalized spacial score (nSPS) is 30.2. The van der Waals surface area contributed by atoms with Gasteiger partial charge in [-0.1, -0.05) is 0 Å². The number of phenols is 1. The fraction of sp³-hybridized carbons (Fsp3) is 0.571. The highest BCUT2D eigenvalue weighted by Gasteiger charge is 2.32. The van der Waals surface area contributed by atoms with Crippen LogP contribution in [0.2, 0.25) is 0 Å². The first-order chi connectivity index (χ1) is 8.78. The van der Waals surface area contributed by atoms with E-state index in [2.05, 4.69) is 5.32 Å². The molecule has 1 aromatic carbocycles. The summed E-state index contributed by atoms with van der Waals surface area (Å²) in [4.78, 5) is 0. The number of aromatic hydroxyl groups is 1. The van der Waals surface area contributed by atoms with Gasteiger partial charge in [0, 0.05) is 24.8 Å². The summed E-state index contributed by atoms with van der Waals surface area (Å²) < 4.78 is 11.1. The molecule has 4 heteroatoms. The molecular weight excluding hydrogens is 230 g/mol. The van der Waals surface area contributed by atoms with Crippen LogP contribution < -0.4 is 10.1 Å². The van der Waals surface area contributed by atoms with E-state index >= 15 is 0 Å².